The van der Waals surface area contributed by atoms with E-state index in [1.807, 2.05) is 0 Å². The summed E-state index contributed by atoms with van der Waals surface area (Å²) < 4.78 is 0. The molecule has 1 nitrogen and oxygen atoms in total. The fourth-order valence-electron chi connectivity index (χ4n) is 8.60. The fourth-order valence-corrected chi connectivity index (χ4v) is 8.60. The van der Waals surface area contributed by atoms with E-state index in [9.17, 15) is 0 Å². The first-order valence-electron chi connectivity index (χ1n) is 18.3. The predicted octanol–water partition coefficient (Wildman–Crippen LogP) is 14.6. The smallest absolute Gasteiger partial charge is 0.0471 e. The number of nitrogens with one attached hydrogen (secondary N) is 1. The molecule has 0 radical (unpaired) electrons. The summed E-state index contributed by atoms with van der Waals surface area (Å²) in [6.45, 7) is 0. The number of rotatable bonds is 4. The van der Waals surface area contributed by atoms with Gasteiger partial charge in [-0.05, 0) is 130 Å². The number of H-pyrrole nitrogens is 1. The molecule has 1 N–H and O–H groups in total. The standard InChI is InChI=1S/C52H33N/c1-2-12-34-27-39(24-23-33(34)11-1)35-15-9-17-41(28-35)51-43-19-5-7-21-45(43)52(46-22-8-6-20-44(46)51)42-18-10-16-36(29-42)40-25-26-49-47(31-40)48-30-37-13-3-4-14-38(37)32-50(48)53-49/h1-32,53H. The van der Waals surface area contributed by atoms with Gasteiger partial charge in [-0.2, -0.15) is 0 Å². The highest BCUT2D eigenvalue weighted by Crippen LogP contribution is 2.45. The summed E-state index contributed by atoms with van der Waals surface area (Å²) >= 11 is 0. The van der Waals surface area contributed by atoms with Crippen molar-refractivity contribution in [3.8, 4) is 44.5 Å². The van der Waals surface area contributed by atoms with Crippen molar-refractivity contribution in [2.24, 2.45) is 0 Å². The van der Waals surface area contributed by atoms with E-state index in [1.54, 1.807) is 0 Å². The third-order valence-corrected chi connectivity index (χ3v) is 11.1. The maximum atomic E-state index is 3.66. The van der Waals surface area contributed by atoms with Crippen molar-refractivity contribution in [3.63, 3.8) is 0 Å². The summed E-state index contributed by atoms with van der Waals surface area (Å²) in [6, 6.07) is 71.4. The molecule has 11 rings (SSSR count). The number of hydrogen-bond donors (Lipinski definition) is 1. The first-order valence-corrected chi connectivity index (χ1v) is 18.3. The van der Waals surface area contributed by atoms with E-state index in [4.69, 9.17) is 0 Å². The van der Waals surface area contributed by atoms with Crippen LogP contribution in [0.3, 0.4) is 0 Å². The Morgan fingerprint density at radius 1 is 0.226 bits per heavy atom. The van der Waals surface area contributed by atoms with Crippen molar-refractivity contribution < 1.29 is 0 Å². The van der Waals surface area contributed by atoms with Crippen molar-refractivity contribution >= 4 is 64.9 Å². The van der Waals surface area contributed by atoms with Crippen LogP contribution >= 0.6 is 0 Å². The maximum absolute atomic E-state index is 3.66. The van der Waals surface area contributed by atoms with Gasteiger partial charge in [0, 0.05) is 21.8 Å². The highest BCUT2D eigenvalue weighted by Gasteiger charge is 2.18. The Balaban J connectivity index is 1.07. The van der Waals surface area contributed by atoms with Crippen LogP contribution in [0.15, 0.2) is 194 Å². The molecule has 10 aromatic carbocycles. The summed E-state index contributed by atoms with van der Waals surface area (Å²) in [7, 11) is 0. The summed E-state index contributed by atoms with van der Waals surface area (Å²) in [5.74, 6) is 0. The highest BCUT2D eigenvalue weighted by atomic mass is 14.7. The Morgan fingerprint density at radius 2 is 0.660 bits per heavy atom. The monoisotopic (exact) mass is 671 g/mol. The Labute approximate surface area is 307 Å². The molecule has 0 saturated carbocycles. The van der Waals surface area contributed by atoms with Crippen LogP contribution in [0.25, 0.3) is 109 Å². The van der Waals surface area contributed by atoms with Gasteiger partial charge in [-0.1, -0.05) is 152 Å². The van der Waals surface area contributed by atoms with Crippen LogP contribution in [0.1, 0.15) is 0 Å². The van der Waals surface area contributed by atoms with E-state index < -0.39 is 0 Å². The van der Waals surface area contributed by atoms with Crippen LogP contribution in [0.5, 0.6) is 0 Å². The lowest BCUT2D eigenvalue weighted by atomic mass is 9.85. The van der Waals surface area contributed by atoms with Crippen molar-refractivity contribution in [3.05, 3.63) is 194 Å². The molecule has 0 spiro atoms. The Kier molecular flexibility index (Phi) is 6.62. The van der Waals surface area contributed by atoms with Gasteiger partial charge >= 0.3 is 0 Å². The van der Waals surface area contributed by atoms with Crippen LogP contribution < -0.4 is 0 Å². The predicted molar refractivity (Wildman–Crippen MR) is 228 cm³/mol. The molecule has 1 heteroatoms. The summed E-state index contributed by atoms with van der Waals surface area (Å²) in [4.78, 5) is 3.66. The zero-order valence-electron chi connectivity index (χ0n) is 29.0. The molecule has 0 aliphatic carbocycles. The van der Waals surface area contributed by atoms with Gasteiger partial charge in [0.15, 0.2) is 0 Å². The van der Waals surface area contributed by atoms with E-state index in [2.05, 4.69) is 199 Å². The molecule has 0 aliphatic rings. The minimum atomic E-state index is 1.16. The molecule has 11 aromatic rings. The molecule has 0 bridgehead atoms. The van der Waals surface area contributed by atoms with Gasteiger partial charge in [0.25, 0.3) is 0 Å². The van der Waals surface area contributed by atoms with Gasteiger partial charge in [0.05, 0.1) is 0 Å². The number of aromatic nitrogens is 1. The van der Waals surface area contributed by atoms with E-state index in [0.717, 1.165) is 5.52 Å². The van der Waals surface area contributed by atoms with Gasteiger partial charge in [-0.15, -0.1) is 0 Å². The van der Waals surface area contributed by atoms with Crippen LogP contribution in [0.4, 0.5) is 0 Å². The lowest BCUT2D eigenvalue weighted by Gasteiger charge is -2.18. The molecule has 0 saturated heterocycles. The number of aromatic amines is 1. The van der Waals surface area contributed by atoms with Crippen molar-refractivity contribution in [2.45, 2.75) is 0 Å². The molecule has 0 aliphatic heterocycles. The Bertz CT molecular complexity index is 3180. The second-order valence-electron chi connectivity index (χ2n) is 14.2. The summed E-state index contributed by atoms with van der Waals surface area (Å²) in [5.41, 5.74) is 12.2. The van der Waals surface area contributed by atoms with Crippen LogP contribution in [0, 0.1) is 0 Å². The first kappa shape index (κ1) is 29.7. The second-order valence-corrected chi connectivity index (χ2v) is 14.2. The van der Waals surface area contributed by atoms with E-state index in [1.165, 1.54) is 104 Å². The molecule has 0 atom stereocenters. The van der Waals surface area contributed by atoms with Gasteiger partial charge in [0.2, 0.25) is 0 Å². The molecule has 246 valence electrons. The van der Waals surface area contributed by atoms with Gasteiger partial charge < -0.3 is 4.98 Å². The van der Waals surface area contributed by atoms with Gasteiger partial charge in [0.1, 0.15) is 0 Å². The number of benzene rings is 10. The summed E-state index contributed by atoms with van der Waals surface area (Å²) in [6.07, 6.45) is 0. The number of hydrogen-bond acceptors (Lipinski definition) is 0. The van der Waals surface area contributed by atoms with Crippen molar-refractivity contribution in [1.29, 1.82) is 0 Å². The molecule has 1 aromatic heterocycles. The van der Waals surface area contributed by atoms with E-state index in [-0.39, 0.29) is 0 Å². The highest BCUT2D eigenvalue weighted by molar-refractivity contribution is 6.21. The zero-order chi connectivity index (χ0) is 34.9. The van der Waals surface area contributed by atoms with E-state index >= 15 is 0 Å². The third-order valence-electron chi connectivity index (χ3n) is 11.1. The zero-order valence-corrected chi connectivity index (χ0v) is 29.0. The molecule has 0 unspecified atom stereocenters. The van der Waals surface area contributed by atoms with Gasteiger partial charge in [-0.25, -0.2) is 0 Å². The molecule has 0 amide bonds. The lowest BCUT2D eigenvalue weighted by molar-refractivity contribution is 1.55. The topological polar surface area (TPSA) is 15.8 Å². The van der Waals surface area contributed by atoms with Crippen LogP contribution in [-0.4, -0.2) is 4.98 Å². The first-order chi connectivity index (χ1) is 26.2. The quantitative estimate of drug-likeness (QED) is 0.179. The lowest BCUT2D eigenvalue weighted by Crippen LogP contribution is -1.91. The van der Waals surface area contributed by atoms with Crippen molar-refractivity contribution in [2.75, 3.05) is 0 Å². The molecule has 0 fully saturated rings. The maximum Gasteiger partial charge on any atom is 0.0471 e. The molecular formula is C52H33N. The van der Waals surface area contributed by atoms with Gasteiger partial charge in [-0.3, -0.25) is 0 Å². The van der Waals surface area contributed by atoms with E-state index in [0.29, 0.717) is 0 Å². The second kappa shape index (κ2) is 11.8. The summed E-state index contributed by atoms with van der Waals surface area (Å²) in [5, 5.41) is 12.6. The SMILES string of the molecule is c1cc(-c2ccc3ccccc3c2)cc(-c2c3ccccc3c(-c3cccc(-c4ccc5[nH]c6cc7ccccc7cc6c5c4)c3)c3ccccc23)c1. The minimum Gasteiger partial charge on any atom is -0.354 e. The average Bonchev–Trinajstić information content (AvgIpc) is 3.58. The van der Waals surface area contributed by atoms with Crippen LogP contribution in [0.2, 0.25) is 0 Å². The number of fused-ring (bicyclic) bond motifs is 7. The molecule has 53 heavy (non-hydrogen) atoms. The Hall–Kier alpha value is -6.96. The molecular weight excluding hydrogens is 639 g/mol. The Morgan fingerprint density at radius 3 is 1.26 bits per heavy atom. The average molecular weight is 672 g/mol. The van der Waals surface area contributed by atoms with Crippen LogP contribution in [-0.2, 0) is 0 Å². The largest absolute Gasteiger partial charge is 0.354 e. The fraction of sp³-hybridized carbons (Fsp3) is 0. The normalized spacial score (nSPS) is 11.8. The van der Waals surface area contributed by atoms with Crippen molar-refractivity contribution in [1.82, 2.24) is 4.98 Å². The third kappa shape index (κ3) is 4.86. The molecule has 1 heterocycles. The minimum absolute atomic E-state index is 1.16.